The highest BCUT2D eigenvalue weighted by atomic mass is 35.5. The van der Waals surface area contributed by atoms with Crippen molar-refractivity contribution in [2.45, 2.75) is 57.4 Å². The van der Waals surface area contributed by atoms with E-state index in [4.69, 9.17) is 11.6 Å². The van der Waals surface area contributed by atoms with Crippen LogP contribution in [0.5, 0.6) is 0 Å². The molecular formula is C29H31ClF3N3O4S. The molecule has 3 aromatic rings. The first-order chi connectivity index (χ1) is 19.1. The summed E-state index contributed by atoms with van der Waals surface area (Å²) in [5.41, 5.74) is -0.0440. The number of carbonyl (C=O) groups is 2. The van der Waals surface area contributed by atoms with Crippen molar-refractivity contribution < 1.29 is 31.2 Å². The second kappa shape index (κ2) is 12.9. The number of benzene rings is 3. The smallest absolute Gasteiger partial charge is 0.352 e. The van der Waals surface area contributed by atoms with Crippen LogP contribution >= 0.6 is 11.6 Å². The molecule has 0 heterocycles. The van der Waals surface area contributed by atoms with Crippen molar-refractivity contribution in [2.24, 2.45) is 0 Å². The maximum Gasteiger partial charge on any atom is 0.416 e. The Kier molecular flexibility index (Phi) is 10.1. The highest BCUT2D eigenvalue weighted by Crippen LogP contribution is 2.33. The molecule has 41 heavy (non-hydrogen) atoms. The zero-order chi connectivity index (χ0) is 30.5. The zero-order valence-electron chi connectivity index (χ0n) is 22.9. The maximum atomic E-state index is 13.8. The van der Waals surface area contributed by atoms with E-state index in [1.807, 2.05) is 0 Å². The Morgan fingerprint density at radius 1 is 0.951 bits per heavy atom. The van der Waals surface area contributed by atoms with Gasteiger partial charge in [0, 0.05) is 17.6 Å². The van der Waals surface area contributed by atoms with Gasteiger partial charge in [0.1, 0.15) is 12.6 Å². The molecule has 0 aliphatic heterocycles. The quantitative estimate of drug-likeness (QED) is 0.315. The van der Waals surface area contributed by atoms with Crippen molar-refractivity contribution in [3.8, 4) is 0 Å². The topological polar surface area (TPSA) is 86.8 Å². The van der Waals surface area contributed by atoms with Gasteiger partial charge in [-0.1, -0.05) is 47.5 Å². The minimum atomic E-state index is -4.75. The maximum absolute atomic E-state index is 13.8. The first-order valence-corrected chi connectivity index (χ1v) is 14.5. The molecule has 12 heteroatoms. The van der Waals surface area contributed by atoms with Gasteiger partial charge in [0.25, 0.3) is 10.0 Å². The fourth-order valence-electron chi connectivity index (χ4n) is 3.98. The van der Waals surface area contributed by atoms with Crippen LogP contribution in [-0.4, -0.2) is 43.8 Å². The SMILES string of the molecule is Cc1ccc(S(=O)(=O)N(CC(=O)N(Cc2ccc(Cl)cc2)[C@@H](C)C(=O)NC(C)C)c2cccc(C(F)(F)F)c2)cc1. The largest absolute Gasteiger partial charge is 0.416 e. The average Bonchev–Trinajstić information content (AvgIpc) is 2.90. The highest BCUT2D eigenvalue weighted by molar-refractivity contribution is 7.92. The van der Waals surface area contributed by atoms with Gasteiger partial charge in [-0.3, -0.25) is 13.9 Å². The Labute approximate surface area is 243 Å². The first-order valence-electron chi connectivity index (χ1n) is 12.7. The van der Waals surface area contributed by atoms with Gasteiger partial charge in [0.05, 0.1) is 16.1 Å². The second-order valence-electron chi connectivity index (χ2n) is 9.86. The Hall–Kier alpha value is -3.57. The molecule has 0 fully saturated rings. The summed E-state index contributed by atoms with van der Waals surface area (Å²) in [5.74, 6) is -1.27. The monoisotopic (exact) mass is 609 g/mol. The third-order valence-corrected chi connectivity index (χ3v) is 8.25. The van der Waals surface area contributed by atoms with E-state index in [1.165, 1.54) is 30.0 Å². The number of nitrogens with one attached hydrogen (secondary N) is 1. The zero-order valence-corrected chi connectivity index (χ0v) is 24.5. The van der Waals surface area contributed by atoms with E-state index in [0.717, 1.165) is 17.7 Å². The van der Waals surface area contributed by atoms with Crippen molar-refractivity contribution in [3.05, 3.63) is 94.5 Å². The van der Waals surface area contributed by atoms with Gasteiger partial charge in [0.2, 0.25) is 11.8 Å². The number of amides is 2. The molecule has 0 bridgehead atoms. The number of alkyl halides is 3. The lowest BCUT2D eigenvalue weighted by Crippen LogP contribution is -2.52. The van der Waals surface area contributed by atoms with Crippen LogP contribution in [0.25, 0.3) is 0 Å². The van der Waals surface area contributed by atoms with Gasteiger partial charge in [-0.2, -0.15) is 13.2 Å². The van der Waals surface area contributed by atoms with E-state index in [9.17, 15) is 31.2 Å². The molecule has 0 spiro atoms. The normalized spacial score (nSPS) is 12.6. The van der Waals surface area contributed by atoms with Gasteiger partial charge in [0.15, 0.2) is 0 Å². The molecule has 2 amide bonds. The predicted octanol–water partition coefficient (Wildman–Crippen LogP) is 5.80. The highest BCUT2D eigenvalue weighted by Gasteiger charge is 2.35. The van der Waals surface area contributed by atoms with Crippen molar-refractivity contribution in [2.75, 3.05) is 10.8 Å². The minimum absolute atomic E-state index is 0.0797. The number of anilines is 1. The van der Waals surface area contributed by atoms with Crippen LogP contribution in [0.2, 0.25) is 5.02 Å². The number of carbonyl (C=O) groups excluding carboxylic acids is 2. The molecule has 0 radical (unpaired) electrons. The molecule has 3 aromatic carbocycles. The van der Waals surface area contributed by atoms with E-state index in [2.05, 4.69) is 5.32 Å². The van der Waals surface area contributed by atoms with E-state index in [0.29, 0.717) is 21.0 Å². The molecular weight excluding hydrogens is 579 g/mol. The minimum Gasteiger partial charge on any atom is -0.352 e. The van der Waals surface area contributed by atoms with Gasteiger partial charge in [-0.25, -0.2) is 8.42 Å². The number of halogens is 4. The van der Waals surface area contributed by atoms with Crippen molar-refractivity contribution in [3.63, 3.8) is 0 Å². The summed E-state index contributed by atoms with van der Waals surface area (Å²) in [6, 6.07) is 14.7. The van der Waals surface area contributed by atoms with Crippen LogP contribution in [0.4, 0.5) is 18.9 Å². The molecule has 0 saturated carbocycles. The molecule has 220 valence electrons. The summed E-state index contributed by atoms with van der Waals surface area (Å²) >= 11 is 5.98. The van der Waals surface area contributed by atoms with Crippen molar-refractivity contribution in [1.29, 1.82) is 0 Å². The molecule has 7 nitrogen and oxygen atoms in total. The molecule has 0 aliphatic carbocycles. The molecule has 1 atom stereocenters. The van der Waals surface area contributed by atoms with E-state index >= 15 is 0 Å². The van der Waals surface area contributed by atoms with Crippen LogP contribution in [0.3, 0.4) is 0 Å². The first kappa shape index (κ1) is 32.0. The summed E-state index contributed by atoms with van der Waals surface area (Å²) in [4.78, 5) is 27.7. The van der Waals surface area contributed by atoms with E-state index < -0.39 is 46.2 Å². The fraction of sp³-hybridized carbons (Fsp3) is 0.310. The predicted molar refractivity (Wildman–Crippen MR) is 152 cm³/mol. The summed E-state index contributed by atoms with van der Waals surface area (Å²) in [6.07, 6.45) is -4.75. The Balaban J connectivity index is 2.09. The Morgan fingerprint density at radius 3 is 2.12 bits per heavy atom. The third-order valence-electron chi connectivity index (χ3n) is 6.21. The van der Waals surface area contributed by atoms with E-state index in [1.54, 1.807) is 57.2 Å². The second-order valence-corrected chi connectivity index (χ2v) is 12.2. The van der Waals surface area contributed by atoms with Crippen LogP contribution in [-0.2, 0) is 32.3 Å². The molecule has 0 aromatic heterocycles. The Morgan fingerprint density at radius 2 is 1.56 bits per heavy atom. The summed E-state index contributed by atoms with van der Waals surface area (Å²) in [7, 11) is -4.50. The number of sulfonamides is 1. The number of nitrogens with zero attached hydrogens (tertiary/aromatic N) is 2. The molecule has 0 aliphatic rings. The van der Waals surface area contributed by atoms with Crippen LogP contribution in [0.15, 0.2) is 77.7 Å². The number of hydrogen-bond acceptors (Lipinski definition) is 4. The van der Waals surface area contributed by atoms with Crippen molar-refractivity contribution >= 4 is 39.1 Å². The van der Waals surface area contributed by atoms with Gasteiger partial charge >= 0.3 is 6.18 Å². The number of rotatable bonds is 10. The van der Waals surface area contributed by atoms with Gasteiger partial charge < -0.3 is 10.2 Å². The lowest BCUT2D eigenvalue weighted by molar-refractivity contribution is -0.139. The lowest BCUT2D eigenvalue weighted by atomic mass is 10.1. The molecule has 0 saturated heterocycles. The van der Waals surface area contributed by atoms with Crippen LogP contribution < -0.4 is 9.62 Å². The van der Waals surface area contributed by atoms with Crippen LogP contribution in [0.1, 0.15) is 37.5 Å². The summed E-state index contributed by atoms with van der Waals surface area (Å²) in [5, 5.41) is 3.19. The molecule has 0 unspecified atom stereocenters. The van der Waals surface area contributed by atoms with Crippen LogP contribution in [0, 0.1) is 6.92 Å². The number of aryl methyl sites for hydroxylation is 1. The molecule has 3 rings (SSSR count). The number of hydrogen-bond donors (Lipinski definition) is 1. The average molecular weight is 610 g/mol. The van der Waals surface area contributed by atoms with Gasteiger partial charge in [-0.15, -0.1) is 0 Å². The fourth-order valence-corrected chi connectivity index (χ4v) is 5.51. The standard InChI is InChI=1S/C29H31ClF3N3O4S/c1-19(2)34-28(38)21(4)35(17-22-10-12-24(30)13-11-22)27(37)18-36(25-7-5-6-23(16-25)29(31,32)33)41(39,40)26-14-8-20(3)9-15-26/h5-16,19,21H,17-18H2,1-4H3,(H,34,38)/t21-/m0/s1. The third kappa shape index (κ3) is 8.23. The van der Waals surface area contributed by atoms with Gasteiger partial charge in [-0.05, 0) is 75.7 Å². The Bertz CT molecular complexity index is 1480. The summed E-state index contributed by atoms with van der Waals surface area (Å²) in [6.45, 7) is 5.81. The van der Waals surface area contributed by atoms with Crippen molar-refractivity contribution in [1.82, 2.24) is 10.2 Å². The lowest BCUT2D eigenvalue weighted by Gasteiger charge is -2.32. The molecule has 1 N–H and O–H groups in total. The van der Waals surface area contributed by atoms with E-state index in [-0.39, 0.29) is 23.2 Å². The summed E-state index contributed by atoms with van der Waals surface area (Å²) < 4.78 is 68.9.